The Morgan fingerprint density at radius 2 is 2.08 bits per heavy atom. The van der Waals surface area contributed by atoms with E-state index in [0.29, 0.717) is 18.7 Å². The molecule has 0 saturated heterocycles. The first kappa shape index (κ1) is 15.9. The predicted octanol–water partition coefficient (Wildman–Crippen LogP) is 1.05. The van der Waals surface area contributed by atoms with Gasteiger partial charge in [-0.3, -0.25) is 4.79 Å². The van der Waals surface area contributed by atoms with Gasteiger partial charge in [0.2, 0.25) is 0 Å². The number of carbonyl (C=O) groups excluding carboxylic acids is 1. The van der Waals surface area contributed by atoms with E-state index < -0.39 is 0 Å². The van der Waals surface area contributed by atoms with Gasteiger partial charge in [-0.15, -0.1) is 5.10 Å². The number of rotatable bonds is 7. The normalized spacial score (nSPS) is 10.7. The lowest BCUT2D eigenvalue weighted by Crippen LogP contribution is -2.25. The Morgan fingerprint density at radius 1 is 1.25 bits per heavy atom. The van der Waals surface area contributed by atoms with E-state index >= 15 is 0 Å². The number of benzene rings is 1. The van der Waals surface area contributed by atoms with Gasteiger partial charge in [0.15, 0.2) is 0 Å². The van der Waals surface area contributed by atoms with Crippen molar-refractivity contribution in [3.63, 3.8) is 0 Å². The van der Waals surface area contributed by atoms with Crippen molar-refractivity contribution < 1.29 is 4.79 Å². The first-order valence-corrected chi connectivity index (χ1v) is 7.78. The lowest BCUT2D eigenvalue weighted by atomic mass is 10.1. The molecule has 8 heteroatoms. The number of tetrazole rings is 1. The van der Waals surface area contributed by atoms with Crippen LogP contribution in [0.1, 0.15) is 28.2 Å². The van der Waals surface area contributed by atoms with Gasteiger partial charge in [0.25, 0.3) is 5.91 Å². The fourth-order valence-electron chi connectivity index (χ4n) is 2.31. The van der Waals surface area contributed by atoms with E-state index in [-0.39, 0.29) is 5.91 Å². The van der Waals surface area contributed by atoms with E-state index in [9.17, 15) is 4.79 Å². The number of imidazole rings is 1. The Kier molecular flexibility index (Phi) is 4.95. The van der Waals surface area contributed by atoms with Gasteiger partial charge < -0.3 is 9.88 Å². The number of hydrogen-bond donors (Lipinski definition) is 1. The molecule has 2 heterocycles. The molecule has 0 bridgehead atoms. The topological polar surface area (TPSA) is 90.5 Å². The number of nitrogens with one attached hydrogen (secondary N) is 1. The molecular weight excluding hydrogens is 306 g/mol. The molecule has 0 fully saturated rings. The van der Waals surface area contributed by atoms with Gasteiger partial charge in [0.1, 0.15) is 5.82 Å². The van der Waals surface area contributed by atoms with Crippen LogP contribution < -0.4 is 5.32 Å². The number of aryl methyl sites for hydroxylation is 2. The van der Waals surface area contributed by atoms with Gasteiger partial charge in [0.05, 0.1) is 12.9 Å². The molecule has 0 aliphatic rings. The molecule has 24 heavy (non-hydrogen) atoms. The monoisotopic (exact) mass is 325 g/mol. The van der Waals surface area contributed by atoms with Crippen molar-refractivity contribution in [2.24, 2.45) is 0 Å². The van der Waals surface area contributed by atoms with Crippen molar-refractivity contribution in [2.45, 2.75) is 26.4 Å². The minimum absolute atomic E-state index is 0.0641. The molecule has 0 spiro atoms. The highest BCUT2D eigenvalue weighted by Crippen LogP contribution is 2.07. The quantitative estimate of drug-likeness (QED) is 0.656. The zero-order valence-electron chi connectivity index (χ0n) is 13.5. The summed E-state index contributed by atoms with van der Waals surface area (Å²) in [7, 11) is 0. The lowest BCUT2D eigenvalue weighted by Gasteiger charge is -2.07. The molecule has 0 atom stereocenters. The molecule has 3 aromatic rings. The third kappa shape index (κ3) is 4.03. The number of nitrogens with zero attached hydrogens (tertiary/aromatic N) is 6. The average molecular weight is 325 g/mol. The van der Waals surface area contributed by atoms with E-state index in [0.717, 1.165) is 24.4 Å². The summed E-state index contributed by atoms with van der Waals surface area (Å²) in [6, 6.07) is 7.48. The fraction of sp³-hybridized carbons (Fsp3) is 0.312. The van der Waals surface area contributed by atoms with Crippen molar-refractivity contribution in [1.82, 2.24) is 35.1 Å². The Balaban J connectivity index is 1.47. The van der Waals surface area contributed by atoms with Crippen molar-refractivity contribution in [3.8, 4) is 0 Å². The van der Waals surface area contributed by atoms with Crippen LogP contribution in [0.15, 0.2) is 43.0 Å². The zero-order valence-corrected chi connectivity index (χ0v) is 13.5. The predicted molar refractivity (Wildman–Crippen MR) is 87.3 cm³/mol. The van der Waals surface area contributed by atoms with Crippen LogP contribution in [0.2, 0.25) is 0 Å². The highest BCUT2D eigenvalue weighted by atomic mass is 16.1. The molecule has 1 amide bonds. The van der Waals surface area contributed by atoms with Crippen LogP contribution in [0.3, 0.4) is 0 Å². The molecule has 0 unspecified atom stereocenters. The number of hydrogen-bond acceptors (Lipinski definition) is 5. The molecule has 2 aromatic heterocycles. The average Bonchev–Trinajstić information content (AvgIpc) is 3.25. The third-order valence-corrected chi connectivity index (χ3v) is 3.70. The Labute approximate surface area is 139 Å². The number of carbonyl (C=O) groups is 1. The van der Waals surface area contributed by atoms with Gasteiger partial charge >= 0.3 is 0 Å². The van der Waals surface area contributed by atoms with Gasteiger partial charge in [-0.2, -0.15) is 0 Å². The maximum Gasteiger partial charge on any atom is 0.251 e. The standard InChI is InChI=1S/C16H19N7O/c1-13-19-20-21-23(13)11-14-3-5-15(6-4-14)16(24)18-7-2-9-22-10-8-17-12-22/h3-6,8,10,12H,2,7,9,11H2,1H3,(H,18,24). The minimum atomic E-state index is -0.0641. The Hall–Kier alpha value is -3.03. The molecule has 0 aliphatic carbocycles. The number of amides is 1. The Bertz CT molecular complexity index is 777. The van der Waals surface area contributed by atoms with E-state index in [1.54, 1.807) is 17.2 Å². The van der Waals surface area contributed by atoms with Gasteiger partial charge in [-0.25, -0.2) is 9.67 Å². The SMILES string of the molecule is Cc1nnnn1Cc1ccc(C(=O)NCCCn2ccnc2)cc1. The third-order valence-electron chi connectivity index (χ3n) is 3.70. The largest absolute Gasteiger partial charge is 0.352 e. The molecule has 0 aliphatic heterocycles. The smallest absolute Gasteiger partial charge is 0.251 e. The molecule has 8 nitrogen and oxygen atoms in total. The molecule has 0 saturated carbocycles. The lowest BCUT2D eigenvalue weighted by molar-refractivity contribution is 0.0952. The summed E-state index contributed by atoms with van der Waals surface area (Å²) < 4.78 is 3.70. The van der Waals surface area contributed by atoms with Crippen LogP contribution in [0.25, 0.3) is 0 Å². The van der Waals surface area contributed by atoms with Crippen LogP contribution in [0.4, 0.5) is 0 Å². The second kappa shape index (κ2) is 7.49. The summed E-state index contributed by atoms with van der Waals surface area (Å²) >= 11 is 0. The molecular formula is C16H19N7O. The highest BCUT2D eigenvalue weighted by Gasteiger charge is 2.06. The first-order valence-electron chi connectivity index (χ1n) is 7.78. The molecule has 1 N–H and O–H groups in total. The van der Waals surface area contributed by atoms with Crippen LogP contribution in [-0.4, -0.2) is 42.2 Å². The fourth-order valence-corrected chi connectivity index (χ4v) is 2.31. The minimum Gasteiger partial charge on any atom is -0.352 e. The van der Waals surface area contributed by atoms with E-state index in [2.05, 4.69) is 25.8 Å². The molecule has 1 aromatic carbocycles. The summed E-state index contributed by atoms with van der Waals surface area (Å²) in [6.07, 6.45) is 6.29. The van der Waals surface area contributed by atoms with Crippen molar-refractivity contribution in [1.29, 1.82) is 0 Å². The van der Waals surface area contributed by atoms with Gasteiger partial charge in [-0.05, 0) is 41.5 Å². The van der Waals surface area contributed by atoms with E-state index in [1.165, 1.54) is 0 Å². The summed E-state index contributed by atoms with van der Waals surface area (Å²) in [4.78, 5) is 16.1. The maximum atomic E-state index is 12.1. The van der Waals surface area contributed by atoms with Gasteiger partial charge in [0, 0.05) is 31.0 Å². The number of aromatic nitrogens is 6. The van der Waals surface area contributed by atoms with Crippen molar-refractivity contribution in [3.05, 3.63) is 59.9 Å². The molecule has 3 rings (SSSR count). The van der Waals surface area contributed by atoms with Crippen LogP contribution in [0, 0.1) is 6.92 Å². The summed E-state index contributed by atoms with van der Waals surface area (Å²) in [5.74, 6) is 0.695. The zero-order chi connectivity index (χ0) is 16.8. The van der Waals surface area contributed by atoms with E-state index in [4.69, 9.17) is 0 Å². The summed E-state index contributed by atoms with van der Waals surface area (Å²) in [5, 5.41) is 14.3. The van der Waals surface area contributed by atoms with Crippen molar-refractivity contribution >= 4 is 5.91 Å². The van der Waals surface area contributed by atoms with E-state index in [1.807, 2.05) is 42.0 Å². The molecule has 0 radical (unpaired) electrons. The second-order valence-corrected chi connectivity index (χ2v) is 5.49. The summed E-state index contributed by atoms with van der Waals surface area (Å²) in [6.45, 7) is 3.91. The first-order chi connectivity index (χ1) is 11.7. The maximum absolute atomic E-state index is 12.1. The summed E-state index contributed by atoms with van der Waals surface area (Å²) in [5.41, 5.74) is 1.69. The Morgan fingerprint density at radius 3 is 2.75 bits per heavy atom. The van der Waals surface area contributed by atoms with Gasteiger partial charge in [-0.1, -0.05) is 12.1 Å². The van der Waals surface area contributed by atoms with Crippen LogP contribution in [0.5, 0.6) is 0 Å². The highest BCUT2D eigenvalue weighted by molar-refractivity contribution is 5.94. The second-order valence-electron chi connectivity index (χ2n) is 5.49. The van der Waals surface area contributed by atoms with Crippen LogP contribution >= 0.6 is 0 Å². The molecule has 124 valence electrons. The van der Waals surface area contributed by atoms with Crippen molar-refractivity contribution in [2.75, 3.05) is 6.54 Å². The van der Waals surface area contributed by atoms with Crippen LogP contribution in [-0.2, 0) is 13.1 Å².